The zero-order valence-electron chi connectivity index (χ0n) is 19.9. The molecule has 0 saturated heterocycles. The number of fused-ring (bicyclic) bond motifs is 1. The molecule has 2 amide bonds. The molecule has 0 unspecified atom stereocenters. The molecule has 0 aliphatic heterocycles. The molecule has 7 nitrogen and oxygen atoms in total. The number of nitrogens with zero attached hydrogens (tertiary/aromatic N) is 1. The first kappa shape index (κ1) is 25.5. The maximum atomic E-state index is 14.1. The number of hydrogen-bond donors (Lipinski definition) is 2. The van der Waals surface area contributed by atoms with E-state index in [9.17, 15) is 18.8 Å². The summed E-state index contributed by atoms with van der Waals surface area (Å²) >= 11 is 11.8. The number of rotatable bonds is 7. The van der Waals surface area contributed by atoms with Gasteiger partial charge in [-0.2, -0.15) is 0 Å². The van der Waals surface area contributed by atoms with Gasteiger partial charge in [-0.1, -0.05) is 23.2 Å². The van der Waals surface area contributed by atoms with Gasteiger partial charge in [0.2, 0.25) is 5.43 Å². The molecule has 2 aliphatic rings. The van der Waals surface area contributed by atoms with Crippen LogP contribution in [0.3, 0.4) is 0 Å². The SMILES string of the molecule is O=C(COc1ccc(Cl)cc1)N[C@H]1CC[C@H](NC(=O)c2cn(C3CC3)c3cc(Cl)c(F)cc3c2=O)CC1. The third-order valence-corrected chi connectivity index (χ3v) is 7.41. The first-order valence-corrected chi connectivity index (χ1v) is 13.1. The van der Waals surface area contributed by atoms with E-state index < -0.39 is 17.2 Å². The van der Waals surface area contributed by atoms with Crippen LogP contribution in [-0.2, 0) is 4.79 Å². The number of hydrogen-bond acceptors (Lipinski definition) is 4. The van der Waals surface area contributed by atoms with Crippen molar-refractivity contribution in [3.8, 4) is 5.75 Å². The van der Waals surface area contributed by atoms with Crippen molar-refractivity contribution in [2.75, 3.05) is 6.61 Å². The molecule has 0 radical (unpaired) electrons. The van der Waals surface area contributed by atoms with Crippen molar-refractivity contribution < 1.29 is 18.7 Å². The Bertz CT molecular complexity index is 1400. The van der Waals surface area contributed by atoms with E-state index in [1.54, 1.807) is 30.5 Å². The lowest BCUT2D eigenvalue weighted by Gasteiger charge is -2.29. The van der Waals surface area contributed by atoms with Crippen LogP contribution in [0.2, 0.25) is 10.0 Å². The van der Waals surface area contributed by atoms with E-state index in [1.807, 2.05) is 4.57 Å². The minimum absolute atomic E-state index is 0.00380. The van der Waals surface area contributed by atoms with Crippen LogP contribution in [0.4, 0.5) is 4.39 Å². The van der Waals surface area contributed by atoms with Gasteiger partial charge in [-0.3, -0.25) is 14.4 Å². The third kappa shape index (κ3) is 5.91. The molecule has 0 spiro atoms. The molecule has 1 heterocycles. The zero-order valence-corrected chi connectivity index (χ0v) is 21.4. The lowest BCUT2D eigenvalue weighted by molar-refractivity contribution is -0.124. The van der Waals surface area contributed by atoms with Crippen molar-refractivity contribution in [2.24, 2.45) is 0 Å². The number of pyridine rings is 1. The topological polar surface area (TPSA) is 89.4 Å². The molecule has 2 N–H and O–H groups in total. The molecule has 0 atom stereocenters. The Balaban J connectivity index is 1.18. The van der Waals surface area contributed by atoms with E-state index in [2.05, 4.69) is 10.6 Å². The van der Waals surface area contributed by atoms with Gasteiger partial charge in [0, 0.05) is 34.7 Å². The highest BCUT2D eigenvalue weighted by Crippen LogP contribution is 2.37. The first-order valence-electron chi connectivity index (χ1n) is 12.3. The molecule has 194 valence electrons. The van der Waals surface area contributed by atoms with Crippen LogP contribution < -0.4 is 20.8 Å². The molecule has 2 saturated carbocycles. The van der Waals surface area contributed by atoms with Crippen LogP contribution in [0.25, 0.3) is 10.9 Å². The van der Waals surface area contributed by atoms with E-state index >= 15 is 0 Å². The molecule has 3 aromatic rings. The summed E-state index contributed by atoms with van der Waals surface area (Å²) in [4.78, 5) is 38.4. The van der Waals surface area contributed by atoms with Gasteiger partial charge in [-0.05, 0) is 74.9 Å². The highest BCUT2D eigenvalue weighted by atomic mass is 35.5. The molecule has 10 heteroatoms. The Morgan fingerprint density at radius 2 is 1.62 bits per heavy atom. The highest BCUT2D eigenvalue weighted by molar-refractivity contribution is 6.31. The van der Waals surface area contributed by atoms with Gasteiger partial charge in [0.1, 0.15) is 17.1 Å². The summed E-state index contributed by atoms with van der Waals surface area (Å²) in [5, 5.41) is 6.61. The summed E-state index contributed by atoms with van der Waals surface area (Å²) in [5.41, 5.74) is 0.0178. The monoisotopic (exact) mass is 545 g/mol. The third-order valence-electron chi connectivity index (χ3n) is 6.87. The Kier molecular flexibility index (Phi) is 7.40. The number of aromatic nitrogens is 1. The van der Waals surface area contributed by atoms with Gasteiger partial charge in [0.25, 0.3) is 11.8 Å². The highest BCUT2D eigenvalue weighted by Gasteiger charge is 2.29. The van der Waals surface area contributed by atoms with Crippen LogP contribution in [0.5, 0.6) is 5.75 Å². The van der Waals surface area contributed by atoms with E-state index in [-0.39, 0.29) is 46.6 Å². The molecular weight excluding hydrogens is 520 g/mol. The van der Waals surface area contributed by atoms with Gasteiger partial charge in [0.05, 0.1) is 10.5 Å². The summed E-state index contributed by atoms with van der Waals surface area (Å²) in [6, 6.07) is 9.36. The predicted octanol–water partition coefficient (Wildman–Crippen LogP) is 5.02. The number of nitrogens with one attached hydrogen (secondary N) is 2. The second-order valence-corrected chi connectivity index (χ2v) is 10.5. The average Bonchev–Trinajstić information content (AvgIpc) is 3.72. The number of carbonyl (C=O) groups excluding carboxylic acids is 2. The molecular formula is C27H26Cl2FN3O4. The molecule has 2 fully saturated rings. The smallest absolute Gasteiger partial charge is 0.258 e. The number of amides is 2. The number of halogens is 3. The Morgan fingerprint density at radius 1 is 0.973 bits per heavy atom. The van der Waals surface area contributed by atoms with Crippen molar-refractivity contribution in [3.05, 3.63) is 74.2 Å². The van der Waals surface area contributed by atoms with Gasteiger partial charge >= 0.3 is 0 Å². The fourth-order valence-electron chi connectivity index (χ4n) is 4.75. The summed E-state index contributed by atoms with van der Waals surface area (Å²) < 4.78 is 21.5. The van der Waals surface area contributed by atoms with Crippen LogP contribution in [0.1, 0.15) is 54.9 Å². The Labute approximate surface area is 222 Å². The lowest BCUT2D eigenvalue weighted by atomic mass is 9.91. The molecule has 0 bridgehead atoms. The van der Waals surface area contributed by atoms with Gasteiger partial charge in [-0.15, -0.1) is 0 Å². The van der Waals surface area contributed by atoms with Crippen molar-refractivity contribution in [3.63, 3.8) is 0 Å². The normalized spacial score (nSPS) is 19.4. The second-order valence-electron chi connectivity index (χ2n) is 9.63. The van der Waals surface area contributed by atoms with Crippen LogP contribution >= 0.6 is 23.2 Å². The van der Waals surface area contributed by atoms with Gasteiger partial charge < -0.3 is 19.9 Å². The van der Waals surface area contributed by atoms with E-state index in [4.69, 9.17) is 27.9 Å². The van der Waals surface area contributed by atoms with E-state index in [0.29, 0.717) is 42.0 Å². The lowest BCUT2D eigenvalue weighted by Crippen LogP contribution is -2.45. The van der Waals surface area contributed by atoms with Crippen molar-refractivity contribution in [1.82, 2.24) is 15.2 Å². The van der Waals surface area contributed by atoms with Crippen molar-refractivity contribution in [1.29, 1.82) is 0 Å². The summed E-state index contributed by atoms with van der Waals surface area (Å²) in [7, 11) is 0. The Morgan fingerprint density at radius 3 is 2.27 bits per heavy atom. The van der Waals surface area contributed by atoms with Crippen LogP contribution in [0.15, 0.2) is 47.4 Å². The molecule has 2 aliphatic carbocycles. The van der Waals surface area contributed by atoms with Gasteiger partial charge in [0.15, 0.2) is 6.61 Å². The first-order chi connectivity index (χ1) is 17.8. The van der Waals surface area contributed by atoms with E-state index in [0.717, 1.165) is 18.9 Å². The molecule has 5 rings (SSSR count). The Hall–Kier alpha value is -3.10. The standard InChI is InChI=1S/C27H26Cl2FN3O4/c28-15-1-9-19(10-2-15)37-14-25(34)31-16-3-5-17(6-4-16)32-27(36)21-13-33(18-7-8-18)24-12-22(29)23(30)11-20(24)26(21)35/h1-2,9-13,16-18H,3-8,14H2,(H,31,34)(H,32,36)/t16-,17-. The fraction of sp³-hybridized carbons (Fsp3) is 0.370. The van der Waals surface area contributed by atoms with Crippen molar-refractivity contribution in [2.45, 2.75) is 56.7 Å². The molecule has 37 heavy (non-hydrogen) atoms. The summed E-state index contributed by atoms with van der Waals surface area (Å²) in [6.07, 6.45) is 6.10. The number of benzene rings is 2. The largest absolute Gasteiger partial charge is 0.484 e. The maximum absolute atomic E-state index is 14.1. The predicted molar refractivity (Wildman–Crippen MR) is 140 cm³/mol. The zero-order chi connectivity index (χ0) is 26.1. The molecule has 2 aromatic carbocycles. The fourth-order valence-corrected chi connectivity index (χ4v) is 5.04. The maximum Gasteiger partial charge on any atom is 0.258 e. The number of ether oxygens (including phenoxy) is 1. The summed E-state index contributed by atoms with van der Waals surface area (Å²) in [5.74, 6) is -0.816. The minimum atomic E-state index is -0.690. The van der Waals surface area contributed by atoms with E-state index in [1.165, 1.54) is 6.07 Å². The second kappa shape index (κ2) is 10.7. The minimum Gasteiger partial charge on any atom is -0.484 e. The summed E-state index contributed by atoms with van der Waals surface area (Å²) in [6.45, 7) is -0.0979. The molecule has 1 aromatic heterocycles. The number of carbonyl (C=O) groups is 2. The van der Waals surface area contributed by atoms with Gasteiger partial charge in [-0.25, -0.2) is 4.39 Å². The van der Waals surface area contributed by atoms with Crippen molar-refractivity contribution >= 4 is 45.9 Å². The quantitative estimate of drug-likeness (QED) is 0.436. The van der Waals surface area contributed by atoms with Crippen LogP contribution in [-0.4, -0.2) is 35.1 Å². The van der Waals surface area contributed by atoms with Crippen LogP contribution in [0, 0.1) is 5.82 Å². The average molecular weight is 546 g/mol.